The van der Waals surface area contributed by atoms with Crippen LogP contribution in [0.5, 0.6) is 0 Å². The van der Waals surface area contributed by atoms with Gasteiger partial charge >= 0.3 is 0 Å². The molecule has 0 unspecified atom stereocenters. The van der Waals surface area contributed by atoms with Crippen molar-refractivity contribution in [3.8, 4) is 0 Å². The minimum Gasteiger partial charge on any atom is -0.300 e. The molecule has 5 heteroatoms. The molecule has 21 heavy (non-hydrogen) atoms. The number of ketones is 2. The van der Waals surface area contributed by atoms with Gasteiger partial charge in [-0.25, -0.2) is 0 Å². The van der Waals surface area contributed by atoms with Gasteiger partial charge in [0.05, 0.1) is 27.9 Å². The highest BCUT2D eigenvalue weighted by Gasteiger charge is 2.52. The third-order valence-corrected chi connectivity index (χ3v) is 4.85. The zero-order valence-corrected chi connectivity index (χ0v) is 12.7. The summed E-state index contributed by atoms with van der Waals surface area (Å²) in [6.07, 6.45) is 5.77. The predicted molar refractivity (Wildman–Crippen MR) is 83.4 cm³/mol. The average molecular weight is 322 g/mol. The Morgan fingerprint density at radius 1 is 1.24 bits per heavy atom. The molecule has 0 N–H and O–H groups in total. The fraction of sp³-hybridized carbons (Fsp3) is 0.312. The van der Waals surface area contributed by atoms with Gasteiger partial charge in [0.2, 0.25) is 0 Å². The van der Waals surface area contributed by atoms with Gasteiger partial charge in [-0.3, -0.25) is 14.6 Å². The van der Waals surface area contributed by atoms with E-state index in [4.69, 9.17) is 23.2 Å². The van der Waals surface area contributed by atoms with E-state index in [1.807, 2.05) is 6.08 Å². The Bertz CT molecular complexity index is 671. The lowest BCUT2D eigenvalue weighted by atomic mass is 9.59. The Morgan fingerprint density at radius 3 is 2.57 bits per heavy atom. The van der Waals surface area contributed by atoms with E-state index in [9.17, 15) is 9.59 Å². The molecule has 3 rings (SSSR count). The van der Waals surface area contributed by atoms with E-state index in [1.165, 1.54) is 0 Å². The Balaban J connectivity index is 1.97. The lowest BCUT2D eigenvalue weighted by Gasteiger charge is -2.41. The molecule has 0 saturated heterocycles. The fourth-order valence-electron chi connectivity index (χ4n) is 2.94. The maximum absolute atomic E-state index is 12.9. The zero-order chi connectivity index (χ0) is 15.0. The normalized spacial score (nSPS) is 23.0. The van der Waals surface area contributed by atoms with E-state index < -0.39 is 5.41 Å². The molecule has 1 saturated carbocycles. The SMILES string of the molecule is O=C1CC(C(=O)[C@H]2C=CC=NC2)(c2ccc(Cl)c(Cl)c2)C1. The highest BCUT2D eigenvalue weighted by atomic mass is 35.5. The first-order valence-corrected chi connectivity index (χ1v) is 7.47. The van der Waals surface area contributed by atoms with Crippen molar-refractivity contribution in [3.05, 3.63) is 46.0 Å². The van der Waals surface area contributed by atoms with Gasteiger partial charge < -0.3 is 0 Å². The largest absolute Gasteiger partial charge is 0.300 e. The van der Waals surface area contributed by atoms with Crippen molar-refractivity contribution in [1.29, 1.82) is 0 Å². The number of nitrogens with zero attached hydrogens (tertiary/aromatic N) is 1. The predicted octanol–water partition coefficient (Wildman–Crippen LogP) is 3.42. The maximum atomic E-state index is 12.9. The third-order valence-electron chi connectivity index (χ3n) is 4.12. The summed E-state index contributed by atoms with van der Waals surface area (Å²) < 4.78 is 0. The summed E-state index contributed by atoms with van der Waals surface area (Å²) >= 11 is 12.0. The molecule has 1 aromatic carbocycles. The second kappa shape index (κ2) is 5.39. The summed E-state index contributed by atoms with van der Waals surface area (Å²) in [7, 11) is 0. The lowest BCUT2D eigenvalue weighted by molar-refractivity contribution is -0.141. The number of rotatable bonds is 3. The van der Waals surface area contributed by atoms with Crippen molar-refractivity contribution in [3.63, 3.8) is 0 Å². The molecular weight excluding hydrogens is 309 g/mol. The van der Waals surface area contributed by atoms with Crippen LogP contribution < -0.4 is 0 Å². The molecule has 1 heterocycles. The Labute approximate surface area is 132 Å². The summed E-state index contributed by atoms with van der Waals surface area (Å²) in [6, 6.07) is 5.16. The van der Waals surface area contributed by atoms with Crippen LogP contribution in [0, 0.1) is 5.92 Å². The maximum Gasteiger partial charge on any atom is 0.152 e. The van der Waals surface area contributed by atoms with E-state index in [0.29, 0.717) is 16.6 Å². The molecule has 1 atom stereocenters. The highest BCUT2D eigenvalue weighted by Crippen LogP contribution is 2.45. The van der Waals surface area contributed by atoms with Gasteiger partial charge in [0.25, 0.3) is 0 Å². The molecule has 1 fully saturated rings. The lowest BCUT2D eigenvalue weighted by Crippen LogP contribution is -2.51. The van der Waals surface area contributed by atoms with Crippen LogP contribution in [0.1, 0.15) is 18.4 Å². The summed E-state index contributed by atoms with van der Waals surface area (Å²) in [5.74, 6) is -0.149. The topological polar surface area (TPSA) is 46.5 Å². The molecule has 1 aliphatic heterocycles. The van der Waals surface area contributed by atoms with Gasteiger partial charge in [-0.2, -0.15) is 0 Å². The quantitative estimate of drug-likeness (QED) is 0.856. The fourth-order valence-corrected chi connectivity index (χ4v) is 3.24. The highest BCUT2D eigenvalue weighted by molar-refractivity contribution is 6.42. The molecule has 0 aromatic heterocycles. The van der Waals surface area contributed by atoms with Crippen molar-refractivity contribution in [1.82, 2.24) is 0 Å². The van der Waals surface area contributed by atoms with Gasteiger partial charge in [0.1, 0.15) is 5.78 Å². The van der Waals surface area contributed by atoms with Gasteiger partial charge in [-0.15, -0.1) is 0 Å². The molecule has 3 nitrogen and oxygen atoms in total. The first kappa shape index (κ1) is 14.5. The molecular formula is C16H13Cl2NO2. The van der Waals surface area contributed by atoms with Gasteiger partial charge in [-0.1, -0.05) is 35.3 Å². The van der Waals surface area contributed by atoms with Crippen molar-refractivity contribution >= 4 is 41.0 Å². The van der Waals surface area contributed by atoms with Gasteiger partial charge in [0, 0.05) is 19.1 Å². The van der Waals surface area contributed by atoms with Crippen molar-refractivity contribution in [2.75, 3.05) is 6.54 Å². The summed E-state index contributed by atoms with van der Waals surface area (Å²) in [5, 5.41) is 0.841. The van der Waals surface area contributed by atoms with E-state index in [2.05, 4.69) is 4.99 Å². The second-order valence-corrected chi connectivity index (χ2v) is 6.29. The number of benzene rings is 1. The average Bonchev–Trinajstić information content (AvgIpc) is 2.47. The molecule has 2 aliphatic rings. The van der Waals surface area contributed by atoms with Gasteiger partial charge in [0.15, 0.2) is 5.78 Å². The molecule has 0 amide bonds. The van der Waals surface area contributed by atoms with Crippen LogP contribution in [-0.4, -0.2) is 24.3 Å². The number of carbonyl (C=O) groups excluding carboxylic acids is 2. The van der Waals surface area contributed by atoms with Crippen molar-refractivity contribution in [2.24, 2.45) is 10.9 Å². The minimum atomic E-state index is -0.771. The Kier molecular flexibility index (Phi) is 3.72. The van der Waals surface area contributed by atoms with Crippen LogP contribution in [0.4, 0.5) is 0 Å². The molecule has 108 valence electrons. The van der Waals surface area contributed by atoms with Crippen LogP contribution in [0.15, 0.2) is 35.3 Å². The number of halogens is 2. The monoisotopic (exact) mass is 321 g/mol. The summed E-state index contributed by atoms with van der Waals surface area (Å²) in [4.78, 5) is 28.6. The second-order valence-electron chi connectivity index (χ2n) is 5.47. The number of Topliss-reactive ketones (excluding diaryl/α,β-unsaturated/α-hetero) is 2. The Hall–Kier alpha value is -1.45. The van der Waals surface area contributed by atoms with Crippen LogP contribution in [0.3, 0.4) is 0 Å². The molecule has 1 aromatic rings. The molecule has 1 aliphatic carbocycles. The first-order valence-electron chi connectivity index (χ1n) is 6.71. The number of carbonyl (C=O) groups is 2. The van der Waals surface area contributed by atoms with Crippen LogP contribution in [0.2, 0.25) is 10.0 Å². The third kappa shape index (κ3) is 2.45. The number of allylic oxidation sites excluding steroid dienone is 1. The standard InChI is InChI=1S/C16H13Cl2NO2/c17-13-4-3-11(6-14(13)18)16(7-12(20)8-16)15(21)10-2-1-5-19-9-10/h1-6,10H,7-9H2/t10-/m0/s1. The number of aliphatic imine (C=N–C) groups is 1. The van der Waals surface area contributed by atoms with Crippen LogP contribution >= 0.6 is 23.2 Å². The minimum absolute atomic E-state index is 0.0357. The summed E-state index contributed by atoms with van der Waals surface area (Å²) in [5.41, 5.74) is -0.00264. The van der Waals surface area contributed by atoms with E-state index >= 15 is 0 Å². The molecule has 0 bridgehead atoms. The van der Waals surface area contributed by atoms with Gasteiger partial charge in [-0.05, 0) is 23.8 Å². The molecule has 0 radical (unpaired) electrons. The van der Waals surface area contributed by atoms with E-state index in [-0.39, 0.29) is 30.3 Å². The van der Waals surface area contributed by atoms with Crippen LogP contribution in [-0.2, 0) is 15.0 Å². The number of hydrogen-bond acceptors (Lipinski definition) is 3. The summed E-state index contributed by atoms with van der Waals surface area (Å²) in [6.45, 7) is 0.437. The zero-order valence-electron chi connectivity index (χ0n) is 11.2. The number of hydrogen-bond donors (Lipinski definition) is 0. The van der Waals surface area contributed by atoms with Crippen molar-refractivity contribution < 1.29 is 9.59 Å². The van der Waals surface area contributed by atoms with Crippen molar-refractivity contribution in [2.45, 2.75) is 18.3 Å². The molecule has 0 spiro atoms. The van der Waals surface area contributed by atoms with E-state index in [1.54, 1.807) is 30.5 Å². The van der Waals surface area contributed by atoms with E-state index in [0.717, 1.165) is 5.56 Å². The smallest absolute Gasteiger partial charge is 0.152 e. The number of dihydropyridines is 1. The van der Waals surface area contributed by atoms with Crippen LogP contribution in [0.25, 0.3) is 0 Å². The Morgan fingerprint density at radius 2 is 2.00 bits per heavy atom. The first-order chi connectivity index (χ1) is 10.0.